The first-order chi connectivity index (χ1) is 9.30. The maximum absolute atomic E-state index is 5.44. The van der Waals surface area contributed by atoms with Gasteiger partial charge in [-0.3, -0.25) is 0 Å². The van der Waals surface area contributed by atoms with Crippen molar-refractivity contribution in [3.8, 4) is 0 Å². The SMILES string of the molecule is CCC1(c2nc(CCOCCOC)no2)CCNC1. The second-order valence-corrected chi connectivity index (χ2v) is 4.93. The molecule has 1 aromatic heterocycles. The van der Waals surface area contributed by atoms with Gasteiger partial charge in [0.05, 0.1) is 25.2 Å². The molecule has 1 unspecified atom stereocenters. The summed E-state index contributed by atoms with van der Waals surface area (Å²) in [6.07, 6.45) is 2.77. The summed E-state index contributed by atoms with van der Waals surface area (Å²) < 4.78 is 15.8. The number of nitrogens with one attached hydrogen (secondary N) is 1. The smallest absolute Gasteiger partial charge is 0.234 e. The van der Waals surface area contributed by atoms with E-state index in [1.165, 1.54) is 0 Å². The molecule has 19 heavy (non-hydrogen) atoms. The van der Waals surface area contributed by atoms with Gasteiger partial charge in [-0.15, -0.1) is 0 Å². The van der Waals surface area contributed by atoms with Gasteiger partial charge in [0.25, 0.3) is 0 Å². The highest BCUT2D eigenvalue weighted by molar-refractivity contribution is 5.09. The highest BCUT2D eigenvalue weighted by Gasteiger charge is 2.39. The van der Waals surface area contributed by atoms with E-state index < -0.39 is 0 Å². The summed E-state index contributed by atoms with van der Waals surface area (Å²) in [4.78, 5) is 4.52. The van der Waals surface area contributed by atoms with Crippen LogP contribution in [0.15, 0.2) is 4.52 Å². The third-order valence-corrected chi connectivity index (χ3v) is 3.74. The molecule has 108 valence electrons. The Kier molecular flexibility index (Phi) is 5.30. The molecule has 2 heterocycles. The Morgan fingerprint density at radius 2 is 2.26 bits per heavy atom. The summed E-state index contributed by atoms with van der Waals surface area (Å²) in [5.41, 5.74) is 0.0299. The molecule has 1 aromatic rings. The van der Waals surface area contributed by atoms with Crippen LogP contribution in [-0.4, -0.2) is 50.2 Å². The van der Waals surface area contributed by atoms with Crippen LogP contribution in [0.4, 0.5) is 0 Å². The number of methoxy groups -OCH3 is 1. The van der Waals surface area contributed by atoms with E-state index >= 15 is 0 Å². The molecule has 0 saturated carbocycles. The average molecular weight is 269 g/mol. The lowest BCUT2D eigenvalue weighted by Gasteiger charge is -2.20. The molecule has 1 atom stereocenters. The highest BCUT2D eigenvalue weighted by atomic mass is 16.5. The van der Waals surface area contributed by atoms with Gasteiger partial charge < -0.3 is 19.3 Å². The summed E-state index contributed by atoms with van der Waals surface area (Å²) >= 11 is 0. The van der Waals surface area contributed by atoms with E-state index in [2.05, 4.69) is 22.4 Å². The van der Waals surface area contributed by atoms with E-state index in [0.717, 1.165) is 37.6 Å². The fourth-order valence-electron chi connectivity index (χ4n) is 2.36. The molecular weight excluding hydrogens is 246 g/mol. The number of hydrogen-bond acceptors (Lipinski definition) is 6. The molecule has 0 aliphatic carbocycles. The maximum Gasteiger partial charge on any atom is 0.234 e. The Morgan fingerprint density at radius 1 is 1.37 bits per heavy atom. The number of hydrogen-bond donors (Lipinski definition) is 1. The molecule has 1 aliphatic heterocycles. The molecule has 6 heteroatoms. The van der Waals surface area contributed by atoms with Crippen molar-refractivity contribution >= 4 is 0 Å². The normalized spacial score (nSPS) is 23.1. The topological polar surface area (TPSA) is 69.4 Å². The molecule has 1 saturated heterocycles. The van der Waals surface area contributed by atoms with Gasteiger partial charge in [0, 0.05) is 20.1 Å². The van der Waals surface area contributed by atoms with Crippen LogP contribution in [0, 0.1) is 0 Å². The lowest BCUT2D eigenvalue weighted by Crippen LogP contribution is -2.28. The van der Waals surface area contributed by atoms with Gasteiger partial charge in [0.1, 0.15) is 0 Å². The molecule has 0 bridgehead atoms. The van der Waals surface area contributed by atoms with Crippen molar-refractivity contribution in [2.45, 2.75) is 31.6 Å². The quantitative estimate of drug-likeness (QED) is 0.708. The molecule has 0 amide bonds. The fourth-order valence-corrected chi connectivity index (χ4v) is 2.36. The van der Waals surface area contributed by atoms with Crippen molar-refractivity contribution in [3.63, 3.8) is 0 Å². The van der Waals surface area contributed by atoms with E-state index in [-0.39, 0.29) is 5.41 Å². The average Bonchev–Trinajstić information content (AvgIpc) is 3.08. The predicted molar refractivity (Wildman–Crippen MR) is 70.2 cm³/mol. The van der Waals surface area contributed by atoms with Crippen molar-refractivity contribution in [2.24, 2.45) is 0 Å². The third-order valence-electron chi connectivity index (χ3n) is 3.74. The number of aromatic nitrogens is 2. The summed E-state index contributed by atoms with van der Waals surface area (Å²) in [6.45, 7) is 5.93. The number of rotatable bonds is 8. The Balaban J connectivity index is 1.84. The lowest BCUT2D eigenvalue weighted by atomic mass is 9.84. The first-order valence-electron chi connectivity index (χ1n) is 6.91. The van der Waals surface area contributed by atoms with Crippen LogP contribution >= 0.6 is 0 Å². The van der Waals surface area contributed by atoms with Crippen LogP contribution in [0.25, 0.3) is 0 Å². The molecule has 0 radical (unpaired) electrons. The van der Waals surface area contributed by atoms with Crippen molar-refractivity contribution < 1.29 is 14.0 Å². The fraction of sp³-hybridized carbons (Fsp3) is 0.846. The third kappa shape index (κ3) is 3.52. The second-order valence-electron chi connectivity index (χ2n) is 4.93. The van der Waals surface area contributed by atoms with Gasteiger partial charge in [-0.2, -0.15) is 4.98 Å². The minimum Gasteiger partial charge on any atom is -0.382 e. The standard InChI is InChI=1S/C13H23N3O3/c1-3-13(5-6-14-10-13)12-15-11(16-19-12)4-7-18-9-8-17-2/h14H,3-10H2,1-2H3. The van der Waals surface area contributed by atoms with E-state index in [0.29, 0.717) is 26.2 Å². The predicted octanol–water partition coefficient (Wildman–Crippen LogP) is 0.916. The molecule has 1 N–H and O–H groups in total. The molecule has 0 aromatic carbocycles. The Morgan fingerprint density at radius 3 is 2.95 bits per heavy atom. The summed E-state index contributed by atoms with van der Waals surface area (Å²) in [7, 11) is 1.66. The monoisotopic (exact) mass is 269 g/mol. The number of ether oxygens (including phenoxy) is 2. The maximum atomic E-state index is 5.44. The molecule has 1 fully saturated rings. The first kappa shape index (κ1) is 14.4. The van der Waals surface area contributed by atoms with Gasteiger partial charge in [-0.25, -0.2) is 0 Å². The van der Waals surface area contributed by atoms with Gasteiger partial charge in [0.2, 0.25) is 5.89 Å². The summed E-state index contributed by atoms with van der Waals surface area (Å²) in [5.74, 6) is 1.50. The van der Waals surface area contributed by atoms with Gasteiger partial charge in [0.15, 0.2) is 5.82 Å². The number of nitrogens with zero attached hydrogens (tertiary/aromatic N) is 2. The largest absolute Gasteiger partial charge is 0.382 e. The van der Waals surface area contributed by atoms with E-state index in [1.807, 2.05) is 0 Å². The summed E-state index contributed by atoms with van der Waals surface area (Å²) in [6, 6.07) is 0. The van der Waals surface area contributed by atoms with Gasteiger partial charge in [-0.1, -0.05) is 12.1 Å². The van der Waals surface area contributed by atoms with Crippen LogP contribution < -0.4 is 5.32 Å². The van der Waals surface area contributed by atoms with E-state index in [4.69, 9.17) is 14.0 Å². The van der Waals surface area contributed by atoms with Crippen molar-refractivity contribution in [2.75, 3.05) is 40.0 Å². The zero-order valence-electron chi connectivity index (χ0n) is 11.8. The van der Waals surface area contributed by atoms with Crippen LogP contribution in [0.1, 0.15) is 31.5 Å². The van der Waals surface area contributed by atoms with Crippen molar-refractivity contribution in [1.29, 1.82) is 0 Å². The van der Waals surface area contributed by atoms with Gasteiger partial charge in [-0.05, 0) is 19.4 Å². The molecule has 2 rings (SSSR count). The van der Waals surface area contributed by atoms with E-state index in [1.54, 1.807) is 7.11 Å². The van der Waals surface area contributed by atoms with Crippen molar-refractivity contribution in [1.82, 2.24) is 15.5 Å². The molecule has 6 nitrogen and oxygen atoms in total. The molecule has 0 spiro atoms. The minimum absolute atomic E-state index is 0.0299. The Hall–Kier alpha value is -0.980. The first-order valence-corrected chi connectivity index (χ1v) is 6.91. The molecule has 1 aliphatic rings. The van der Waals surface area contributed by atoms with Crippen LogP contribution in [-0.2, 0) is 21.3 Å². The van der Waals surface area contributed by atoms with Gasteiger partial charge >= 0.3 is 0 Å². The van der Waals surface area contributed by atoms with Crippen LogP contribution in [0.5, 0.6) is 0 Å². The molecular formula is C13H23N3O3. The van der Waals surface area contributed by atoms with E-state index in [9.17, 15) is 0 Å². The summed E-state index contributed by atoms with van der Waals surface area (Å²) in [5, 5.41) is 7.42. The minimum atomic E-state index is 0.0299. The second kappa shape index (κ2) is 6.98. The zero-order chi connectivity index (χ0) is 13.6. The lowest BCUT2D eigenvalue weighted by molar-refractivity contribution is 0.0714. The van der Waals surface area contributed by atoms with Crippen LogP contribution in [0.3, 0.4) is 0 Å². The Labute approximate surface area is 113 Å². The highest BCUT2D eigenvalue weighted by Crippen LogP contribution is 2.32. The zero-order valence-corrected chi connectivity index (χ0v) is 11.8. The van der Waals surface area contributed by atoms with Crippen LogP contribution in [0.2, 0.25) is 0 Å². The Bertz CT molecular complexity index is 375. The van der Waals surface area contributed by atoms with Crippen molar-refractivity contribution in [3.05, 3.63) is 11.7 Å².